The first-order chi connectivity index (χ1) is 9.78. The summed E-state index contributed by atoms with van der Waals surface area (Å²) in [6.45, 7) is -0.657. The first-order valence-electron chi connectivity index (χ1n) is 6.13. The monoisotopic (exact) mass is 306 g/mol. The zero-order valence-corrected chi connectivity index (χ0v) is 10.9. The minimum absolute atomic E-state index is 0.0814. The van der Waals surface area contributed by atoms with Crippen molar-refractivity contribution in [3.8, 4) is 0 Å². The van der Waals surface area contributed by atoms with Crippen molar-refractivity contribution in [2.75, 3.05) is 32.7 Å². The fraction of sp³-hybridized carbons (Fsp3) is 0.545. The van der Waals surface area contributed by atoms with Crippen molar-refractivity contribution in [1.29, 1.82) is 0 Å². The van der Waals surface area contributed by atoms with Gasteiger partial charge >= 0.3 is 12.1 Å². The molecule has 0 atom stereocenters. The van der Waals surface area contributed by atoms with Gasteiger partial charge in [0.15, 0.2) is 11.4 Å². The number of alkyl halides is 3. The quantitative estimate of drug-likeness (QED) is 0.845. The zero-order valence-electron chi connectivity index (χ0n) is 10.9. The number of hydrogen-bond donors (Lipinski definition) is 2. The molecule has 1 aromatic rings. The third-order valence-electron chi connectivity index (χ3n) is 3.12. The lowest BCUT2D eigenvalue weighted by Crippen LogP contribution is -2.51. The summed E-state index contributed by atoms with van der Waals surface area (Å²) in [5.41, 5.74) is -0.551. The SMILES string of the molecule is O=C(O)c1[nH]cnc1C(=O)N1CCN(CC(F)(F)F)CC1. The standard InChI is InChI=1S/C11H13F3N4O3/c12-11(13,14)5-17-1-3-18(4-2-17)9(19)7-8(10(20)21)16-6-15-7/h6H,1-5H2,(H,15,16)(H,20,21). The molecule has 10 heteroatoms. The third-order valence-corrected chi connectivity index (χ3v) is 3.12. The number of aromatic carboxylic acids is 1. The van der Waals surface area contributed by atoms with E-state index < -0.39 is 24.6 Å². The maximum absolute atomic E-state index is 12.3. The van der Waals surface area contributed by atoms with Crippen LogP contribution in [0.2, 0.25) is 0 Å². The van der Waals surface area contributed by atoms with E-state index in [2.05, 4.69) is 9.97 Å². The van der Waals surface area contributed by atoms with Crippen LogP contribution >= 0.6 is 0 Å². The Morgan fingerprint density at radius 2 is 1.90 bits per heavy atom. The number of carboxylic acids is 1. The van der Waals surface area contributed by atoms with E-state index in [1.807, 2.05) is 0 Å². The molecule has 2 rings (SSSR count). The molecule has 2 N–H and O–H groups in total. The van der Waals surface area contributed by atoms with Gasteiger partial charge in [-0.1, -0.05) is 0 Å². The van der Waals surface area contributed by atoms with E-state index in [1.54, 1.807) is 0 Å². The van der Waals surface area contributed by atoms with Crippen LogP contribution in [0.25, 0.3) is 0 Å². The number of H-pyrrole nitrogens is 1. The lowest BCUT2D eigenvalue weighted by atomic mass is 10.2. The number of nitrogens with zero attached hydrogens (tertiary/aromatic N) is 3. The molecule has 0 aliphatic carbocycles. The first kappa shape index (κ1) is 15.3. The second kappa shape index (κ2) is 5.72. The van der Waals surface area contributed by atoms with Crippen LogP contribution in [0.5, 0.6) is 0 Å². The van der Waals surface area contributed by atoms with E-state index in [0.717, 1.165) is 6.33 Å². The first-order valence-corrected chi connectivity index (χ1v) is 6.13. The second-order valence-electron chi connectivity index (χ2n) is 4.61. The summed E-state index contributed by atoms with van der Waals surface area (Å²) in [6.07, 6.45) is -3.18. The second-order valence-corrected chi connectivity index (χ2v) is 4.61. The number of aromatic amines is 1. The van der Waals surface area contributed by atoms with Crippen molar-refractivity contribution < 1.29 is 27.9 Å². The van der Waals surface area contributed by atoms with Crippen LogP contribution in [0.1, 0.15) is 21.0 Å². The van der Waals surface area contributed by atoms with E-state index in [-0.39, 0.29) is 37.6 Å². The van der Waals surface area contributed by atoms with E-state index in [9.17, 15) is 22.8 Å². The van der Waals surface area contributed by atoms with Crippen LogP contribution < -0.4 is 0 Å². The highest BCUT2D eigenvalue weighted by atomic mass is 19.4. The molecule has 1 amide bonds. The van der Waals surface area contributed by atoms with Gasteiger partial charge in [0.25, 0.3) is 5.91 Å². The third kappa shape index (κ3) is 3.72. The molecule has 0 unspecified atom stereocenters. The fourth-order valence-corrected chi connectivity index (χ4v) is 2.13. The summed E-state index contributed by atoms with van der Waals surface area (Å²) < 4.78 is 36.8. The molecular formula is C11H13F3N4O3. The average molecular weight is 306 g/mol. The van der Waals surface area contributed by atoms with E-state index in [4.69, 9.17) is 5.11 Å². The molecule has 0 aromatic carbocycles. The van der Waals surface area contributed by atoms with Crippen molar-refractivity contribution in [2.24, 2.45) is 0 Å². The van der Waals surface area contributed by atoms with Crippen LogP contribution in [0.15, 0.2) is 6.33 Å². The minimum atomic E-state index is -4.27. The van der Waals surface area contributed by atoms with Crippen LogP contribution in [-0.4, -0.2) is 75.7 Å². The highest BCUT2D eigenvalue weighted by Crippen LogP contribution is 2.18. The van der Waals surface area contributed by atoms with Crippen molar-refractivity contribution in [2.45, 2.75) is 6.18 Å². The molecule has 2 heterocycles. The van der Waals surface area contributed by atoms with Gasteiger partial charge in [-0.05, 0) is 0 Å². The average Bonchev–Trinajstić information content (AvgIpc) is 2.86. The Kier molecular flexibility index (Phi) is 4.16. The number of hydrogen-bond acceptors (Lipinski definition) is 4. The molecular weight excluding hydrogens is 293 g/mol. The molecule has 0 bridgehead atoms. The minimum Gasteiger partial charge on any atom is -0.477 e. The summed E-state index contributed by atoms with van der Waals surface area (Å²) in [5.74, 6) is -1.91. The Hall–Kier alpha value is -2.10. The van der Waals surface area contributed by atoms with Crippen molar-refractivity contribution >= 4 is 11.9 Å². The molecule has 0 spiro atoms. The Morgan fingerprint density at radius 3 is 2.43 bits per heavy atom. The normalized spacial score (nSPS) is 17.0. The summed E-state index contributed by atoms with van der Waals surface area (Å²) in [4.78, 5) is 31.5. The van der Waals surface area contributed by atoms with E-state index in [0.29, 0.717) is 0 Å². The molecule has 21 heavy (non-hydrogen) atoms. The molecule has 116 valence electrons. The van der Waals surface area contributed by atoms with Gasteiger partial charge in [-0.3, -0.25) is 9.69 Å². The number of aromatic nitrogens is 2. The number of nitrogens with one attached hydrogen (secondary N) is 1. The zero-order chi connectivity index (χ0) is 15.6. The Morgan fingerprint density at radius 1 is 1.29 bits per heavy atom. The van der Waals surface area contributed by atoms with Crippen molar-refractivity contribution in [3.63, 3.8) is 0 Å². The number of piperazine rings is 1. The number of amides is 1. The highest BCUT2D eigenvalue weighted by Gasteiger charge is 2.33. The van der Waals surface area contributed by atoms with Crippen molar-refractivity contribution in [1.82, 2.24) is 19.8 Å². The van der Waals surface area contributed by atoms with E-state index in [1.165, 1.54) is 9.80 Å². The molecule has 1 fully saturated rings. The lowest BCUT2D eigenvalue weighted by molar-refractivity contribution is -0.148. The summed E-state index contributed by atoms with van der Waals surface area (Å²) in [6, 6.07) is 0. The topological polar surface area (TPSA) is 89.5 Å². The largest absolute Gasteiger partial charge is 0.477 e. The number of halogens is 3. The maximum atomic E-state index is 12.3. The molecule has 0 saturated carbocycles. The molecule has 1 aliphatic heterocycles. The van der Waals surface area contributed by atoms with Gasteiger partial charge in [0.05, 0.1) is 12.9 Å². The number of rotatable bonds is 3. The number of imidazole rings is 1. The number of carbonyl (C=O) groups is 2. The van der Waals surface area contributed by atoms with Gasteiger partial charge in [0.1, 0.15) is 0 Å². The van der Waals surface area contributed by atoms with Gasteiger partial charge in [0.2, 0.25) is 0 Å². The molecule has 1 aromatic heterocycles. The predicted octanol–water partition coefficient (Wildman–Crippen LogP) is 0.428. The van der Waals surface area contributed by atoms with E-state index >= 15 is 0 Å². The number of carbonyl (C=O) groups excluding carboxylic acids is 1. The summed E-state index contributed by atoms with van der Waals surface area (Å²) in [5, 5.41) is 8.90. The number of carboxylic acid groups (broad SMARTS) is 1. The smallest absolute Gasteiger partial charge is 0.401 e. The fourth-order valence-electron chi connectivity index (χ4n) is 2.13. The van der Waals surface area contributed by atoms with Gasteiger partial charge in [-0.25, -0.2) is 9.78 Å². The van der Waals surface area contributed by atoms with Gasteiger partial charge < -0.3 is 15.0 Å². The lowest BCUT2D eigenvalue weighted by Gasteiger charge is -2.34. The highest BCUT2D eigenvalue weighted by molar-refractivity contribution is 6.02. The van der Waals surface area contributed by atoms with Crippen LogP contribution in [0.3, 0.4) is 0 Å². The Labute approximate surface area is 117 Å². The molecule has 1 saturated heterocycles. The molecule has 1 aliphatic rings. The van der Waals surface area contributed by atoms with Gasteiger partial charge in [-0.2, -0.15) is 13.2 Å². The maximum Gasteiger partial charge on any atom is 0.401 e. The molecule has 0 radical (unpaired) electrons. The van der Waals surface area contributed by atoms with Crippen LogP contribution in [0, 0.1) is 0 Å². The van der Waals surface area contributed by atoms with Crippen LogP contribution in [0.4, 0.5) is 13.2 Å². The van der Waals surface area contributed by atoms with Crippen LogP contribution in [-0.2, 0) is 0 Å². The Bertz CT molecular complexity index is 535. The van der Waals surface area contributed by atoms with Gasteiger partial charge in [0, 0.05) is 26.2 Å². The predicted molar refractivity (Wildman–Crippen MR) is 63.9 cm³/mol. The van der Waals surface area contributed by atoms with Crippen molar-refractivity contribution in [3.05, 3.63) is 17.7 Å². The Balaban J connectivity index is 1.97. The summed E-state index contributed by atoms with van der Waals surface area (Å²) >= 11 is 0. The van der Waals surface area contributed by atoms with Gasteiger partial charge in [-0.15, -0.1) is 0 Å². The summed E-state index contributed by atoms with van der Waals surface area (Å²) in [7, 11) is 0. The molecule has 7 nitrogen and oxygen atoms in total.